The molecule has 5 heteroatoms. The number of hydrogen-bond acceptors (Lipinski definition) is 4. The van der Waals surface area contributed by atoms with Crippen LogP contribution in [0.4, 0.5) is 5.82 Å². The van der Waals surface area contributed by atoms with Crippen molar-refractivity contribution < 1.29 is 0 Å². The molecule has 0 aromatic carbocycles. The zero-order valence-corrected chi connectivity index (χ0v) is 13.4. The average molecular weight is 285 g/mol. The third-order valence-corrected chi connectivity index (χ3v) is 2.90. The molecule has 0 radical (unpaired) electrons. The molecule has 0 bridgehead atoms. The molecule has 19 heavy (non-hydrogen) atoms. The van der Waals surface area contributed by atoms with E-state index in [2.05, 4.69) is 55.1 Å². The minimum atomic E-state index is -0.0910. The Morgan fingerprint density at radius 1 is 1.21 bits per heavy atom. The standard InChI is InChI=1S/C14H25ClN4/c1-14(2,3)13-17-11(15)10-12(18-13)16-8-6-7-9-19(4)5/h10H,6-9H2,1-5H3,(H,16,17,18). The van der Waals surface area contributed by atoms with Crippen LogP contribution in [0.5, 0.6) is 0 Å². The summed E-state index contributed by atoms with van der Waals surface area (Å²) in [6, 6.07) is 1.78. The first-order chi connectivity index (χ1) is 8.79. The van der Waals surface area contributed by atoms with Gasteiger partial charge in [0, 0.05) is 18.0 Å². The Hall–Kier alpha value is -0.870. The first-order valence-corrected chi connectivity index (χ1v) is 7.10. The summed E-state index contributed by atoms with van der Waals surface area (Å²) in [4.78, 5) is 11.0. The number of unbranched alkanes of at least 4 members (excludes halogenated alkanes) is 1. The number of nitrogens with one attached hydrogen (secondary N) is 1. The van der Waals surface area contributed by atoms with E-state index < -0.39 is 0 Å². The number of aromatic nitrogens is 2. The van der Waals surface area contributed by atoms with E-state index in [-0.39, 0.29) is 5.41 Å². The van der Waals surface area contributed by atoms with Gasteiger partial charge in [-0.2, -0.15) is 0 Å². The average Bonchev–Trinajstić information content (AvgIpc) is 2.26. The maximum atomic E-state index is 6.04. The van der Waals surface area contributed by atoms with E-state index in [4.69, 9.17) is 11.6 Å². The van der Waals surface area contributed by atoms with Crippen molar-refractivity contribution in [3.63, 3.8) is 0 Å². The topological polar surface area (TPSA) is 41.0 Å². The van der Waals surface area contributed by atoms with Gasteiger partial charge in [0.1, 0.15) is 16.8 Å². The molecule has 0 unspecified atom stereocenters. The molecule has 1 N–H and O–H groups in total. The predicted molar refractivity (Wildman–Crippen MR) is 82.0 cm³/mol. The van der Waals surface area contributed by atoms with Crippen molar-refractivity contribution in [1.82, 2.24) is 14.9 Å². The van der Waals surface area contributed by atoms with Gasteiger partial charge in [-0.1, -0.05) is 32.4 Å². The number of halogens is 1. The summed E-state index contributed by atoms with van der Waals surface area (Å²) < 4.78 is 0. The van der Waals surface area contributed by atoms with Gasteiger partial charge in [-0.15, -0.1) is 0 Å². The van der Waals surface area contributed by atoms with E-state index in [9.17, 15) is 0 Å². The summed E-state index contributed by atoms with van der Waals surface area (Å²) in [6.07, 6.45) is 2.29. The molecule has 4 nitrogen and oxygen atoms in total. The maximum Gasteiger partial charge on any atom is 0.137 e. The summed E-state index contributed by atoms with van der Waals surface area (Å²) in [5.41, 5.74) is -0.0910. The van der Waals surface area contributed by atoms with Crippen LogP contribution in [0.1, 0.15) is 39.4 Å². The highest BCUT2D eigenvalue weighted by atomic mass is 35.5. The largest absolute Gasteiger partial charge is 0.370 e. The van der Waals surface area contributed by atoms with Gasteiger partial charge in [-0.05, 0) is 33.5 Å². The van der Waals surface area contributed by atoms with Crippen molar-refractivity contribution in [2.24, 2.45) is 0 Å². The van der Waals surface area contributed by atoms with Crippen LogP contribution in [0, 0.1) is 0 Å². The van der Waals surface area contributed by atoms with Gasteiger partial charge in [0.2, 0.25) is 0 Å². The quantitative estimate of drug-likeness (QED) is 0.643. The van der Waals surface area contributed by atoms with Gasteiger partial charge in [0.15, 0.2) is 0 Å². The van der Waals surface area contributed by atoms with Crippen LogP contribution >= 0.6 is 11.6 Å². The Morgan fingerprint density at radius 2 is 1.89 bits per heavy atom. The summed E-state index contributed by atoms with van der Waals surface area (Å²) >= 11 is 6.04. The Bertz CT molecular complexity index is 399. The molecule has 0 saturated heterocycles. The molecule has 0 amide bonds. The lowest BCUT2D eigenvalue weighted by atomic mass is 9.96. The molecule has 1 aromatic rings. The van der Waals surface area contributed by atoms with Crippen LogP contribution in [0.15, 0.2) is 6.07 Å². The van der Waals surface area contributed by atoms with E-state index in [0.29, 0.717) is 5.15 Å². The fraction of sp³-hybridized carbons (Fsp3) is 0.714. The summed E-state index contributed by atoms with van der Waals surface area (Å²) in [5.74, 6) is 1.59. The third kappa shape index (κ3) is 6.21. The zero-order chi connectivity index (χ0) is 14.5. The van der Waals surface area contributed by atoms with Crippen molar-refractivity contribution in [2.45, 2.75) is 39.0 Å². The second-order valence-corrected chi connectivity index (χ2v) is 6.47. The minimum absolute atomic E-state index is 0.0910. The highest BCUT2D eigenvalue weighted by Crippen LogP contribution is 2.22. The second kappa shape index (κ2) is 7.06. The monoisotopic (exact) mass is 284 g/mol. The number of rotatable bonds is 6. The third-order valence-electron chi connectivity index (χ3n) is 2.70. The maximum absolute atomic E-state index is 6.04. The molecule has 0 saturated carbocycles. The van der Waals surface area contributed by atoms with Gasteiger partial charge >= 0.3 is 0 Å². The van der Waals surface area contributed by atoms with Gasteiger partial charge in [-0.25, -0.2) is 9.97 Å². The predicted octanol–water partition coefficient (Wildman–Crippen LogP) is 3.18. The lowest BCUT2D eigenvalue weighted by Gasteiger charge is -2.18. The Kier molecular flexibility index (Phi) is 6.01. The smallest absolute Gasteiger partial charge is 0.137 e. The Morgan fingerprint density at radius 3 is 2.47 bits per heavy atom. The molecule has 0 aliphatic carbocycles. The number of nitrogens with zero attached hydrogens (tertiary/aromatic N) is 3. The van der Waals surface area contributed by atoms with Crippen molar-refractivity contribution in [3.05, 3.63) is 17.0 Å². The fourth-order valence-corrected chi connectivity index (χ4v) is 1.80. The van der Waals surface area contributed by atoms with E-state index in [1.807, 2.05) is 0 Å². The molecule has 1 aromatic heterocycles. The Balaban J connectivity index is 2.52. The molecular weight excluding hydrogens is 260 g/mol. The molecule has 0 fully saturated rings. The van der Waals surface area contributed by atoms with E-state index >= 15 is 0 Å². The van der Waals surface area contributed by atoms with Gasteiger partial charge in [-0.3, -0.25) is 0 Å². The lowest BCUT2D eigenvalue weighted by molar-refractivity contribution is 0.396. The SMILES string of the molecule is CN(C)CCCCNc1cc(Cl)nc(C(C)(C)C)n1. The molecule has 1 heterocycles. The second-order valence-electron chi connectivity index (χ2n) is 6.09. The van der Waals surface area contributed by atoms with E-state index in [1.54, 1.807) is 6.07 Å². The van der Waals surface area contributed by atoms with E-state index in [1.165, 1.54) is 6.42 Å². The van der Waals surface area contributed by atoms with Gasteiger partial charge in [0.05, 0.1) is 0 Å². The summed E-state index contributed by atoms with van der Waals surface area (Å²) in [6.45, 7) is 8.27. The van der Waals surface area contributed by atoms with Crippen LogP contribution in [0.2, 0.25) is 5.15 Å². The van der Waals surface area contributed by atoms with Crippen molar-refractivity contribution in [1.29, 1.82) is 0 Å². The molecule has 108 valence electrons. The fourth-order valence-electron chi connectivity index (χ4n) is 1.61. The number of anilines is 1. The minimum Gasteiger partial charge on any atom is -0.370 e. The normalized spacial score (nSPS) is 11.9. The molecule has 1 rings (SSSR count). The molecule has 0 atom stereocenters. The Labute approximate surface area is 121 Å². The van der Waals surface area contributed by atoms with Crippen molar-refractivity contribution in [3.8, 4) is 0 Å². The molecule has 0 aliphatic heterocycles. The first-order valence-electron chi connectivity index (χ1n) is 6.72. The van der Waals surface area contributed by atoms with Crippen LogP contribution in [-0.4, -0.2) is 42.1 Å². The zero-order valence-electron chi connectivity index (χ0n) is 12.6. The molecule has 0 aliphatic rings. The summed E-state index contributed by atoms with van der Waals surface area (Å²) in [5, 5.41) is 3.81. The van der Waals surface area contributed by atoms with Crippen LogP contribution in [-0.2, 0) is 5.41 Å². The molecule has 0 spiro atoms. The van der Waals surface area contributed by atoms with Gasteiger partial charge in [0.25, 0.3) is 0 Å². The van der Waals surface area contributed by atoms with Crippen LogP contribution < -0.4 is 5.32 Å². The number of hydrogen-bond donors (Lipinski definition) is 1. The highest BCUT2D eigenvalue weighted by Gasteiger charge is 2.18. The van der Waals surface area contributed by atoms with Crippen molar-refractivity contribution >= 4 is 17.4 Å². The van der Waals surface area contributed by atoms with Gasteiger partial charge < -0.3 is 10.2 Å². The van der Waals surface area contributed by atoms with Crippen LogP contribution in [0.25, 0.3) is 0 Å². The highest BCUT2D eigenvalue weighted by molar-refractivity contribution is 6.29. The van der Waals surface area contributed by atoms with E-state index in [0.717, 1.165) is 31.2 Å². The summed E-state index contributed by atoms with van der Waals surface area (Å²) in [7, 11) is 4.18. The van der Waals surface area contributed by atoms with Crippen LogP contribution in [0.3, 0.4) is 0 Å². The molecular formula is C14H25ClN4. The lowest BCUT2D eigenvalue weighted by Crippen LogP contribution is -2.18. The first kappa shape index (κ1) is 16.2. The van der Waals surface area contributed by atoms with Crippen molar-refractivity contribution in [2.75, 3.05) is 32.5 Å².